The minimum atomic E-state index is -0.789. The van der Waals surface area contributed by atoms with E-state index in [0.29, 0.717) is 37.4 Å². The summed E-state index contributed by atoms with van der Waals surface area (Å²) >= 11 is 0. The van der Waals surface area contributed by atoms with Crippen molar-refractivity contribution in [2.75, 3.05) is 18.0 Å². The Bertz CT molecular complexity index is 511. The van der Waals surface area contributed by atoms with Gasteiger partial charge in [-0.15, -0.1) is 0 Å². The molecule has 1 aromatic rings. The van der Waals surface area contributed by atoms with Crippen molar-refractivity contribution < 1.29 is 14.3 Å². The zero-order chi connectivity index (χ0) is 14.2. The number of hydrogen-bond acceptors (Lipinski definition) is 4. The minimum Gasteiger partial charge on any atom is -0.481 e. The topological polar surface area (TPSA) is 66.3 Å². The second kappa shape index (κ2) is 4.75. The number of hydrogen-bond donors (Lipinski definition) is 1. The molecule has 2 heterocycles. The smallest absolute Gasteiger partial charge is 0.309 e. The maximum Gasteiger partial charge on any atom is 0.309 e. The monoisotopic (exact) mass is 267 g/mol. The van der Waals surface area contributed by atoms with E-state index in [-0.39, 0.29) is 5.82 Å². The summed E-state index contributed by atoms with van der Waals surface area (Å²) in [6.07, 6.45) is 0.980. The van der Waals surface area contributed by atoms with Gasteiger partial charge in [0.05, 0.1) is 11.1 Å². The standard InChI is InChI=1S/C13H18FN3O2/c1-8-10(14)11(16-9(2)15-8)17-6-4-13(3,5-7-17)12(18)19/h4-7H2,1-3H3,(H,18,19). The van der Waals surface area contributed by atoms with Crippen LogP contribution in [0.3, 0.4) is 0 Å². The first-order valence-corrected chi connectivity index (χ1v) is 6.32. The fraction of sp³-hybridized carbons (Fsp3) is 0.615. The zero-order valence-electron chi connectivity index (χ0n) is 11.4. The first kappa shape index (κ1) is 13.7. The Balaban J connectivity index is 2.21. The van der Waals surface area contributed by atoms with Crippen LogP contribution in [0.4, 0.5) is 10.2 Å². The van der Waals surface area contributed by atoms with E-state index in [1.54, 1.807) is 20.8 Å². The van der Waals surface area contributed by atoms with Gasteiger partial charge in [0.1, 0.15) is 5.82 Å². The van der Waals surface area contributed by atoms with E-state index < -0.39 is 17.2 Å². The average molecular weight is 267 g/mol. The van der Waals surface area contributed by atoms with Gasteiger partial charge >= 0.3 is 5.97 Å². The molecule has 0 unspecified atom stereocenters. The third-order valence-electron chi connectivity index (χ3n) is 3.79. The van der Waals surface area contributed by atoms with Gasteiger partial charge in [0.25, 0.3) is 0 Å². The molecule has 1 fully saturated rings. The first-order valence-electron chi connectivity index (χ1n) is 6.32. The van der Waals surface area contributed by atoms with E-state index in [1.807, 2.05) is 4.90 Å². The number of piperidine rings is 1. The lowest BCUT2D eigenvalue weighted by atomic mass is 9.80. The zero-order valence-corrected chi connectivity index (χ0v) is 11.4. The highest BCUT2D eigenvalue weighted by Crippen LogP contribution is 2.33. The summed E-state index contributed by atoms with van der Waals surface area (Å²) in [6.45, 7) is 6.06. The molecule has 0 atom stereocenters. The van der Waals surface area contributed by atoms with E-state index in [9.17, 15) is 14.3 Å². The van der Waals surface area contributed by atoms with E-state index in [2.05, 4.69) is 9.97 Å². The second-order valence-corrected chi connectivity index (χ2v) is 5.35. The van der Waals surface area contributed by atoms with Gasteiger partial charge in [-0.25, -0.2) is 14.4 Å². The third-order valence-corrected chi connectivity index (χ3v) is 3.79. The van der Waals surface area contributed by atoms with Crippen LogP contribution in [0.25, 0.3) is 0 Å². The Morgan fingerprint density at radius 1 is 1.32 bits per heavy atom. The molecule has 1 N–H and O–H groups in total. The molecule has 1 aliphatic heterocycles. The number of aliphatic carboxylic acids is 1. The molecule has 1 saturated heterocycles. The molecule has 0 amide bonds. The van der Waals surface area contributed by atoms with Crippen molar-refractivity contribution in [2.45, 2.75) is 33.6 Å². The van der Waals surface area contributed by atoms with Crippen molar-refractivity contribution >= 4 is 11.8 Å². The van der Waals surface area contributed by atoms with Gasteiger partial charge in [0.15, 0.2) is 11.6 Å². The molecule has 0 bridgehead atoms. The van der Waals surface area contributed by atoms with Gasteiger partial charge in [-0.1, -0.05) is 0 Å². The van der Waals surface area contributed by atoms with Crippen molar-refractivity contribution in [3.05, 3.63) is 17.3 Å². The Labute approximate surface area is 111 Å². The van der Waals surface area contributed by atoms with Crippen LogP contribution in [0.1, 0.15) is 31.3 Å². The summed E-state index contributed by atoms with van der Waals surface area (Å²) in [4.78, 5) is 21.1. The molecule has 0 spiro atoms. The van der Waals surface area contributed by atoms with Crippen LogP contribution in [0.15, 0.2) is 0 Å². The van der Waals surface area contributed by atoms with Gasteiger partial charge in [-0.3, -0.25) is 4.79 Å². The molecule has 0 radical (unpaired) electrons. The number of rotatable bonds is 2. The van der Waals surface area contributed by atoms with Crippen molar-refractivity contribution in [2.24, 2.45) is 5.41 Å². The predicted molar refractivity (Wildman–Crippen MR) is 68.7 cm³/mol. The van der Waals surface area contributed by atoms with Crippen LogP contribution in [-0.4, -0.2) is 34.1 Å². The maximum atomic E-state index is 14.0. The summed E-state index contributed by atoms with van der Waals surface area (Å²) < 4.78 is 14.0. The van der Waals surface area contributed by atoms with Crippen molar-refractivity contribution in [1.29, 1.82) is 0 Å². The molecule has 19 heavy (non-hydrogen) atoms. The minimum absolute atomic E-state index is 0.289. The van der Waals surface area contributed by atoms with Gasteiger partial charge in [-0.2, -0.15) is 0 Å². The van der Waals surface area contributed by atoms with Crippen molar-refractivity contribution in [3.63, 3.8) is 0 Å². The molecule has 1 aliphatic rings. The molecule has 5 nitrogen and oxygen atoms in total. The van der Waals surface area contributed by atoms with E-state index in [4.69, 9.17) is 0 Å². The molecule has 0 aliphatic carbocycles. The van der Waals surface area contributed by atoms with Gasteiger partial charge in [0, 0.05) is 13.1 Å². The fourth-order valence-corrected chi connectivity index (χ4v) is 2.32. The number of carboxylic acids is 1. The lowest BCUT2D eigenvalue weighted by Crippen LogP contribution is -2.43. The van der Waals surface area contributed by atoms with E-state index in [0.717, 1.165) is 0 Å². The largest absolute Gasteiger partial charge is 0.481 e. The summed E-state index contributed by atoms with van der Waals surface area (Å²) in [6, 6.07) is 0. The number of carboxylic acid groups (broad SMARTS) is 1. The van der Waals surface area contributed by atoms with Crippen LogP contribution < -0.4 is 4.90 Å². The van der Waals surface area contributed by atoms with Crippen molar-refractivity contribution in [1.82, 2.24) is 9.97 Å². The summed E-state index contributed by atoms with van der Waals surface area (Å²) in [5.41, 5.74) is -0.390. The second-order valence-electron chi connectivity index (χ2n) is 5.35. The molecule has 1 aromatic heterocycles. The Morgan fingerprint density at radius 2 is 1.89 bits per heavy atom. The van der Waals surface area contributed by atoms with E-state index >= 15 is 0 Å². The highest BCUT2D eigenvalue weighted by molar-refractivity contribution is 5.74. The third kappa shape index (κ3) is 2.52. The van der Waals surface area contributed by atoms with Crippen molar-refractivity contribution in [3.8, 4) is 0 Å². The first-order chi connectivity index (χ1) is 8.83. The van der Waals surface area contributed by atoms with Crippen LogP contribution in [-0.2, 0) is 4.79 Å². The molecule has 6 heteroatoms. The lowest BCUT2D eigenvalue weighted by molar-refractivity contribution is -0.149. The normalized spacial score (nSPS) is 18.4. The molecular weight excluding hydrogens is 249 g/mol. The Kier molecular flexibility index (Phi) is 3.43. The van der Waals surface area contributed by atoms with Crippen LogP contribution in [0.2, 0.25) is 0 Å². The number of nitrogens with zero attached hydrogens (tertiary/aromatic N) is 3. The van der Waals surface area contributed by atoms with Gasteiger partial charge in [-0.05, 0) is 33.6 Å². The van der Waals surface area contributed by atoms with Crippen LogP contribution in [0, 0.1) is 25.1 Å². The molecule has 0 aromatic carbocycles. The number of aryl methyl sites for hydroxylation is 2. The molecule has 2 rings (SSSR count). The Hall–Kier alpha value is -1.72. The summed E-state index contributed by atoms with van der Waals surface area (Å²) in [5.74, 6) is -0.384. The van der Waals surface area contributed by atoms with Crippen LogP contribution >= 0.6 is 0 Å². The summed E-state index contributed by atoms with van der Waals surface area (Å²) in [5, 5.41) is 9.18. The SMILES string of the molecule is Cc1nc(C)c(F)c(N2CCC(C)(C(=O)O)CC2)n1. The number of halogens is 1. The number of aromatic nitrogens is 2. The predicted octanol–water partition coefficient (Wildman–Crippen LogP) is 1.92. The van der Waals surface area contributed by atoms with E-state index in [1.165, 1.54) is 0 Å². The lowest BCUT2D eigenvalue weighted by Gasteiger charge is -2.37. The van der Waals surface area contributed by atoms with Gasteiger partial charge < -0.3 is 10.0 Å². The molecule has 0 saturated carbocycles. The highest BCUT2D eigenvalue weighted by Gasteiger charge is 2.37. The molecule has 104 valence electrons. The number of anilines is 1. The summed E-state index contributed by atoms with van der Waals surface area (Å²) in [7, 11) is 0. The maximum absolute atomic E-state index is 14.0. The molecular formula is C13H18FN3O2. The average Bonchev–Trinajstić information content (AvgIpc) is 2.35. The quantitative estimate of drug-likeness (QED) is 0.886. The highest BCUT2D eigenvalue weighted by atomic mass is 19.1. The van der Waals surface area contributed by atoms with Crippen LogP contribution in [0.5, 0.6) is 0 Å². The number of carbonyl (C=O) groups is 1. The fourth-order valence-electron chi connectivity index (χ4n) is 2.32. The van der Waals surface area contributed by atoms with Gasteiger partial charge in [0.2, 0.25) is 0 Å². The Morgan fingerprint density at radius 3 is 2.42 bits per heavy atom.